The van der Waals surface area contributed by atoms with Gasteiger partial charge in [-0.1, -0.05) is 31.0 Å². The number of hydrogen-bond acceptors (Lipinski definition) is 6. The standard InChI is InChI=1S/C16H18ClFN4O3S/c1-3-5-10-8-14(25-2)19-15-20-21-16(22(10)15)26(23,24)9-11-12(17)6-4-7-13(11)18/h4,6-8,14H,3,5,9H2,1-2H3,(H,19,20). The van der Waals surface area contributed by atoms with Gasteiger partial charge in [0.2, 0.25) is 15.8 Å². The normalized spacial score (nSPS) is 16.8. The van der Waals surface area contributed by atoms with Crippen molar-refractivity contribution in [2.24, 2.45) is 0 Å². The van der Waals surface area contributed by atoms with Crippen molar-refractivity contribution in [1.29, 1.82) is 0 Å². The fourth-order valence-corrected chi connectivity index (χ4v) is 4.50. The van der Waals surface area contributed by atoms with E-state index < -0.39 is 27.6 Å². The monoisotopic (exact) mass is 400 g/mol. The Morgan fingerprint density at radius 2 is 2.15 bits per heavy atom. The smallest absolute Gasteiger partial charge is 0.255 e. The third-order valence-electron chi connectivity index (χ3n) is 3.97. The molecule has 10 heteroatoms. The Kier molecular flexibility index (Phi) is 5.31. The second-order valence-electron chi connectivity index (χ2n) is 5.81. The van der Waals surface area contributed by atoms with Gasteiger partial charge >= 0.3 is 0 Å². The minimum Gasteiger partial charge on any atom is -0.358 e. The number of allylic oxidation sites excluding steroid dienone is 1. The lowest BCUT2D eigenvalue weighted by Crippen LogP contribution is -2.27. The average molecular weight is 401 g/mol. The maximum absolute atomic E-state index is 14.0. The highest BCUT2D eigenvalue weighted by Gasteiger charge is 2.31. The predicted octanol–water partition coefficient (Wildman–Crippen LogP) is 3.08. The van der Waals surface area contributed by atoms with Crippen molar-refractivity contribution >= 4 is 33.1 Å². The molecule has 2 aromatic rings. The van der Waals surface area contributed by atoms with Crippen molar-refractivity contribution in [2.45, 2.75) is 36.9 Å². The molecule has 26 heavy (non-hydrogen) atoms. The van der Waals surface area contributed by atoms with E-state index in [0.717, 1.165) is 6.42 Å². The number of hydrogen-bond donors (Lipinski definition) is 1. The van der Waals surface area contributed by atoms with Crippen LogP contribution >= 0.6 is 11.6 Å². The number of aromatic nitrogens is 3. The van der Waals surface area contributed by atoms with E-state index in [9.17, 15) is 12.8 Å². The zero-order chi connectivity index (χ0) is 18.9. The van der Waals surface area contributed by atoms with Crippen LogP contribution in [0.5, 0.6) is 0 Å². The maximum Gasteiger partial charge on any atom is 0.255 e. The SMILES string of the molecule is CCCC1=CC(OC)Nc2nnc(S(=O)(=O)Cc3c(F)cccc3Cl)n21. The van der Waals surface area contributed by atoms with Crippen LogP contribution in [0.1, 0.15) is 25.3 Å². The van der Waals surface area contributed by atoms with Gasteiger partial charge in [-0.3, -0.25) is 4.57 Å². The fraction of sp³-hybridized carbons (Fsp3) is 0.375. The Morgan fingerprint density at radius 1 is 1.38 bits per heavy atom. The number of anilines is 1. The number of methoxy groups -OCH3 is 1. The Bertz CT molecular complexity index is 938. The lowest BCUT2D eigenvalue weighted by molar-refractivity contribution is 0.160. The Labute approximate surface area is 155 Å². The lowest BCUT2D eigenvalue weighted by atomic mass is 10.2. The molecule has 0 bridgehead atoms. The number of nitrogens with one attached hydrogen (secondary N) is 1. The molecular weight excluding hydrogens is 383 g/mol. The quantitative estimate of drug-likeness (QED) is 0.801. The van der Waals surface area contributed by atoms with Crippen LogP contribution in [-0.4, -0.2) is 36.5 Å². The van der Waals surface area contributed by atoms with Crippen LogP contribution in [0.25, 0.3) is 5.70 Å². The van der Waals surface area contributed by atoms with E-state index in [1.807, 2.05) is 6.92 Å². The number of fused-ring (bicyclic) bond motifs is 1. The summed E-state index contributed by atoms with van der Waals surface area (Å²) < 4.78 is 46.5. The molecule has 3 rings (SSSR count). The first-order chi connectivity index (χ1) is 12.4. The minimum absolute atomic E-state index is 0.0499. The number of sulfone groups is 1. The third kappa shape index (κ3) is 3.46. The molecule has 0 radical (unpaired) electrons. The van der Waals surface area contributed by atoms with Crippen LogP contribution in [0, 0.1) is 5.82 Å². The van der Waals surface area contributed by atoms with E-state index >= 15 is 0 Å². The summed E-state index contributed by atoms with van der Waals surface area (Å²) >= 11 is 5.97. The summed E-state index contributed by atoms with van der Waals surface area (Å²) in [6, 6.07) is 4.04. The molecule has 0 aliphatic carbocycles. The summed E-state index contributed by atoms with van der Waals surface area (Å²) in [6.45, 7) is 1.97. The molecule has 1 N–H and O–H groups in total. The number of halogens is 2. The minimum atomic E-state index is -3.99. The molecule has 140 valence electrons. The molecule has 0 amide bonds. The van der Waals surface area contributed by atoms with Crippen LogP contribution in [0.2, 0.25) is 5.02 Å². The molecule has 1 aromatic carbocycles. The van der Waals surface area contributed by atoms with Gasteiger partial charge in [-0.25, -0.2) is 12.8 Å². The first kappa shape index (κ1) is 18.8. The topological polar surface area (TPSA) is 86.1 Å². The lowest BCUT2D eigenvalue weighted by Gasteiger charge is -2.24. The van der Waals surface area contributed by atoms with E-state index in [2.05, 4.69) is 15.5 Å². The molecule has 7 nitrogen and oxygen atoms in total. The second-order valence-corrected chi connectivity index (χ2v) is 8.10. The van der Waals surface area contributed by atoms with Gasteiger partial charge in [0.1, 0.15) is 5.82 Å². The van der Waals surface area contributed by atoms with Crippen LogP contribution in [0.15, 0.2) is 29.4 Å². The number of rotatable bonds is 6. The van der Waals surface area contributed by atoms with E-state index in [0.29, 0.717) is 12.1 Å². The van der Waals surface area contributed by atoms with Gasteiger partial charge in [0.15, 0.2) is 6.23 Å². The Morgan fingerprint density at radius 3 is 2.81 bits per heavy atom. The van der Waals surface area contributed by atoms with Crippen LogP contribution in [-0.2, 0) is 20.3 Å². The summed E-state index contributed by atoms with van der Waals surface area (Å²) in [6.07, 6.45) is 2.74. The van der Waals surface area contributed by atoms with E-state index in [-0.39, 0.29) is 21.7 Å². The summed E-state index contributed by atoms with van der Waals surface area (Å²) in [7, 11) is -2.46. The van der Waals surface area contributed by atoms with Crippen molar-refractivity contribution in [3.8, 4) is 0 Å². The van der Waals surface area contributed by atoms with Crippen molar-refractivity contribution in [1.82, 2.24) is 14.8 Å². The van der Waals surface area contributed by atoms with Gasteiger partial charge in [0.25, 0.3) is 5.16 Å². The highest BCUT2D eigenvalue weighted by Crippen LogP contribution is 2.30. The Hall–Kier alpha value is -1.97. The predicted molar refractivity (Wildman–Crippen MR) is 95.9 cm³/mol. The molecule has 0 saturated carbocycles. The van der Waals surface area contributed by atoms with Crippen molar-refractivity contribution in [3.63, 3.8) is 0 Å². The average Bonchev–Trinajstić information content (AvgIpc) is 3.03. The highest BCUT2D eigenvalue weighted by atomic mass is 35.5. The maximum atomic E-state index is 14.0. The molecule has 0 spiro atoms. The molecule has 1 unspecified atom stereocenters. The molecule has 0 saturated heterocycles. The van der Waals surface area contributed by atoms with Gasteiger partial charge in [0.05, 0.1) is 5.75 Å². The molecule has 1 aliphatic rings. The van der Waals surface area contributed by atoms with Gasteiger partial charge in [-0.15, -0.1) is 10.2 Å². The van der Waals surface area contributed by atoms with Crippen molar-refractivity contribution in [3.05, 3.63) is 40.7 Å². The molecule has 1 atom stereocenters. The van der Waals surface area contributed by atoms with E-state index in [4.69, 9.17) is 16.3 Å². The van der Waals surface area contributed by atoms with Crippen molar-refractivity contribution < 1.29 is 17.5 Å². The Balaban J connectivity index is 2.04. The van der Waals surface area contributed by atoms with Gasteiger partial charge in [-0.05, 0) is 24.6 Å². The molecule has 2 heterocycles. The van der Waals surface area contributed by atoms with Gasteiger partial charge in [0, 0.05) is 23.4 Å². The third-order valence-corrected chi connectivity index (χ3v) is 5.81. The molecule has 1 aliphatic heterocycles. The fourth-order valence-electron chi connectivity index (χ4n) is 2.74. The summed E-state index contributed by atoms with van der Waals surface area (Å²) in [5.74, 6) is -1.02. The summed E-state index contributed by atoms with van der Waals surface area (Å²) in [5, 5.41) is 10.5. The van der Waals surface area contributed by atoms with Crippen LogP contribution in [0.3, 0.4) is 0 Å². The second kappa shape index (κ2) is 7.34. The number of ether oxygens (including phenoxy) is 1. The van der Waals surface area contributed by atoms with E-state index in [1.54, 1.807) is 6.08 Å². The van der Waals surface area contributed by atoms with Crippen LogP contribution in [0.4, 0.5) is 10.3 Å². The summed E-state index contributed by atoms with van der Waals surface area (Å²) in [4.78, 5) is 0. The van der Waals surface area contributed by atoms with Gasteiger partial charge in [-0.2, -0.15) is 0 Å². The molecule has 1 aromatic heterocycles. The first-order valence-electron chi connectivity index (χ1n) is 7.98. The highest BCUT2D eigenvalue weighted by molar-refractivity contribution is 7.90. The molecule has 0 fully saturated rings. The largest absolute Gasteiger partial charge is 0.358 e. The number of nitrogens with zero attached hydrogens (tertiary/aromatic N) is 3. The first-order valence-corrected chi connectivity index (χ1v) is 10.0. The number of benzene rings is 1. The van der Waals surface area contributed by atoms with Crippen molar-refractivity contribution in [2.75, 3.05) is 12.4 Å². The zero-order valence-corrected chi connectivity index (χ0v) is 15.8. The zero-order valence-electron chi connectivity index (χ0n) is 14.2. The van der Waals surface area contributed by atoms with E-state index in [1.165, 1.54) is 29.9 Å². The summed E-state index contributed by atoms with van der Waals surface area (Å²) in [5.41, 5.74) is 0.613. The molecular formula is C16H18ClFN4O3S. The van der Waals surface area contributed by atoms with Crippen LogP contribution < -0.4 is 5.32 Å². The van der Waals surface area contributed by atoms with Gasteiger partial charge < -0.3 is 10.1 Å².